The number of pyridine rings is 2. The highest BCUT2D eigenvalue weighted by molar-refractivity contribution is 7.70. The van der Waals surface area contributed by atoms with Gasteiger partial charge in [-0.05, 0) is 52.2 Å². The minimum atomic E-state index is -0.743. The second-order valence-electron chi connectivity index (χ2n) is 6.06. The van der Waals surface area contributed by atoms with Gasteiger partial charge in [0.05, 0.1) is 30.3 Å². The lowest BCUT2D eigenvalue weighted by molar-refractivity contribution is 0.687. The summed E-state index contributed by atoms with van der Waals surface area (Å²) < 4.78 is 6.72. The number of aromatic nitrogens is 4. The van der Waals surface area contributed by atoms with E-state index in [1.165, 1.54) is 10.9 Å². The maximum Gasteiger partial charge on any atom is 0.137 e. The molecule has 0 aliphatic carbocycles. The Morgan fingerprint density at radius 1 is 0.792 bits per heavy atom. The van der Waals surface area contributed by atoms with Gasteiger partial charge in [0.2, 0.25) is 0 Å². The first-order chi connectivity index (χ1) is 11.6. The van der Waals surface area contributed by atoms with Gasteiger partial charge in [0.25, 0.3) is 0 Å². The van der Waals surface area contributed by atoms with Crippen molar-refractivity contribution in [3.8, 4) is 0 Å². The van der Waals surface area contributed by atoms with Crippen molar-refractivity contribution in [3.05, 3.63) is 60.2 Å². The molecule has 4 aromatic rings. The number of imidazole rings is 2. The second kappa shape index (κ2) is 5.69. The fraction of sp³-hybridized carbons (Fsp3) is 0.222. The topological polar surface area (TPSA) is 37.8 Å². The van der Waals surface area contributed by atoms with E-state index in [-0.39, 0.29) is 0 Å². The lowest BCUT2D eigenvalue weighted by atomic mass is 10.5. The molecule has 0 N–H and O–H groups in total. The fourth-order valence-electron chi connectivity index (χ4n) is 3.19. The molecule has 4 aromatic heterocycles. The largest absolute Gasteiger partial charge is 0.298 e. The molecule has 0 saturated heterocycles. The zero-order chi connectivity index (χ0) is 16.8. The molecule has 0 amide bonds. The van der Waals surface area contributed by atoms with E-state index in [0.29, 0.717) is 0 Å². The molecule has 5 nitrogen and oxygen atoms in total. The minimum Gasteiger partial charge on any atom is -0.298 e. The fourth-order valence-corrected chi connectivity index (χ4v) is 5.61. The van der Waals surface area contributed by atoms with Crippen LogP contribution in [-0.2, 0) is 0 Å². The number of aryl methyl sites for hydroxylation is 2. The van der Waals surface area contributed by atoms with Crippen molar-refractivity contribution < 1.29 is 0 Å². The molecule has 0 aliphatic heterocycles. The molecule has 24 heavy (non-hydrogen) atoms. The summed E-state index contributed by atoms with van der Waals surface area (Å²) in [4.78, 5) is 9.52. The van der Waals surface area contributed by atoms with Crippen molar-refractivity contribution in [1.82, 2.24) is 23.4 Å². The monoisotopic (exact) mass is 337 g/mol. The predicted octanol–water partition coefficient (Wildman–Crippen LogP) is 2.51. The first-order valence-corrected chi connectivity index (χ1v) is 9.22. The van der Waals surface area contributed by atoms with Crippen molar-refractivity contribution >= 4 is 30.2 Å². The number of fused-ring (bicyclic) bond motifs is 2. The van der Waals surface area contributed by atoms with E-state index in [2.05, 4.69) is 78.1 Å². The van der Waals surface area contributed by atoms with Gasteiger partial charge < -0.3 is 0 Å². The van der Waals surface area contributed by atoms with E-state index in [1.54, 1.807) is 0 Å². The van der Waals surface area contributed by atoms with Crippen LogP contribution < -0.4 is 10.9 Å². The van der Waals surface area contributed by atoms with Crippen LogP contribution in [0.4, 0.5) is 0 Å². The second-order valence-corrected chi connectivity index (χ2v) is 8.33. The highest BCUT2D eigenvalue weighted by Gasteiger charge is 2.28. The lowest BCUT2D eigenvalue weighted by Crippen LogP contribution is -2.30. The van der Waals surface area contributed by atoms with Gasteiger partial charge in [-0.3, -0.25) is 13.5 Å². The average Bonchev–Trinajstić information content (AvgIpc) is 3.05. The van der Waals surface area contributed by atoms with Gasteiger partial charge in [0.15, 0.2) is 0 Å². The smallest absolute Gasteiger partial charge is 0.137 e. The normalized spacial score (nSPS) is 12.1. The van der Waals surface area contributed by atoms with Crippen molar-refractivity contribution in [2.75, 3.05) is 14.1 Å². The van der Waals surface area contributed by atoms with Crippen molar-refractivity contribution in [1.29, 1.82) is 0 Å². The van der Waals surface area contributed by atoms with Crippen LogP contribution in [0.2, 0.25) is 0 Å². The van der Waals surface area contributed by atoms with Gasteiger partial charge in [-0.25, -0.2) is 9.97 Å². The van der Waals surface area contributed by atoms with Gasteiger partial charge in [0.1, 0.15) is 11.3 Å². The van der Waals surface area contributed by atoms with Gasteiger partial charge in [0, 0.05) is 12.4 Å². The Hall–Kier alpha value is -2.23. The predicted molar refractivity (Wildman–Crippen MR) is 99.7 cm³/mol. The summed E-state index contributed by atoms with van der Waals surface area (Å²) in [5, 5.41) is 0. The van der Waals surface area contributed by atoms with E-state index in [9.17, 15) is 0 Å². The summed E-state index contributed by atoms with van der Waals surface area (Å²) in [6.07, 6.45) is 4.20. The van der Waals surface area contributed by atoms with E-state index < -0.39 is 8.07 Å². The maximum absolute atomic E-state index is 4.76. The molecule has 4 rings (SSSR count). The molecule has 0 atom stereocenters. The van der Waals surface area contributed by atoms with Crippen molar-refractivity contribution in [2.45, 2.75) is 13.8 Å². The quantitative estimate of drug-likeness (QED) is 0.539. The Morgan fingerprint density at radius 2 is 1.25 bits per heavy atom. The number of hydrogen-bond acceptors (Lipinski definition) is 3. The van der Waals surface area contributed by atoms with E-state index in [4.69, 9.17) is 9.97 Å². The van der Waals surface area contributed by atoms with Crippen molar-refractivity contribution in [2.24, 2.45) is 0 Å². The van der Waals surface area contributed by atoms with Gasteiger partial charge in [-0.1, -0.05) is 12.1 Å². The summed E-state index contributed by atoms with van der Waals surface area (Å²) in [6, 6.07) is 12.3. The third-order valence-corrected chi connectivity index (χ3v) is 6.83. The summed E-state index contributed by atoms with van der Waals surface area (Å²) in [6.45, 7) is 4.19. The zero-order valence-electron chi connectivity index (χ0n) is 14.3. The highest BCUT2D eigenvalue weighted by Crippen LogP contribution is 2.38. The zero-order valence-corrected chi connectivity index (χ0v) is 15.2. The molecule has 0 fully saturated rings. The molecule has 0 radical (unpaired) electrons. The van der Waals surface area contributed by atoms with Gasteiger partial charge in [-0.2, -0.15) is 0 Å². The van der Waals surface area contributed by atoms with Crippen LogP contribution in [0.15, 0.2) is 48.8 Å². The Balaban J connectivity index is 2.04. The molecule has 0 saturated carbocycles. The number of rotatable bonds is 3. The first-order valence-electron chi connectivity index (χ1n) is 7.92. The lowest BCUT2D eigenvalue weighted by Gasteiger charge is -2.25. The average molecular weight is 337 g/mol. The van der Waals surface area contributed by atoms with Crippen LogP contribution in [0.25, 0.3) is 11.3 Å². The molecule has 0 bridgehead atoms. The van der Waals surface area contributed by atoms with Gasteiger partial charge in [-0.15, -0.1) is 0 Å². The molecular formula is C18H20N5P. The Bertz CT molecular complexity index is 950. The van der Waals surface area contributed by atoms with Crippen LogP contribution in [0.3, 0.4) is 0 Å². The Morgan fingerprint density at radius 3 is 1.67 bits per heavy atom. The highest BCUT2D eigenvalue weighted by atomic mass is 31.1. The van der Waals surface area contributed by atoms with Crippen LogP contribution in [-0.4, -0.2) is 37.5 Å². The third kappa shape index (κ3) is 2.24. The first kappa shape index (κ1) is 15.3. The summed E-state index contributed by atoms with van der Waals surface area (Å²) in [7, 11) is 3.53. The van der Waals surface area contributed by atoms with Gasteiger partial charge >= 0.3 is 0 Å². The molecule has 122 valence electrons. The Kier molecular flexibility index (Phi) is 3.63. The van der Waals surface area contributed by atoms with E-state index >= 15 is 0 Å². The van der Waals surface area contributed by atoms with E-state index in [1.807, 2.05) is 12.1 Å². The molecular weight excluding hydrogens is 317 g/mol. The summed E-state index contributed by atoms with van der Waals surface area (Å²) in [5.74, 6) is 0. The molecule has 0 aliphatic rings. The third-order valence-electron chi connectivity index (χ3n) is 4.15. The van der Waals surface area contributed by atoms with Crippen LogP contribution in [0, 0.1) is 13.8 Å². The van der Waals surface area contributed by atoms with E-state index in [0.717, 1.165) is 22.7 Å². The molecule has 0 unspecified atom stereocenters. The minimum absolute atomic E-state index is 0.743. The van der Waals surface area contributed by atoms with Crippen LogP contribution in [0.5, 0.6) is 0 Å². The van der Waals surface area contributed by atoms with Crippen LogP contribution >= 0.6 is 8.07 Å². The molecule has 0 aromatic carbocycles. The number of hydrogen-bond donors (Lipinski definition) is 0. The van der Waals surface area contributed by atoms with Crippen molar-refractivity contribution in [3.63, 3.8) is 0 Å². The molecule has 0 spiro atoms. The molecule has 6 heteroatoms. The molecule has 4 heterocycles. The van der Waals surface area contributed by atoms with Crippen LogP contribution in [0.1, 0.15) is 11.4 Å². The number of nitrogens with zero attached hydrogens (tertiary/aromatic N) is 5. The summed E-state index contributed by atoms with van der Waals surface area (Å²) >= 11 is 0. The SMILES string of the molecule is Cc1nc2ccccn2c1P(c1c(C)nc2ccccn12)N(C)C. The summed E-state index contributed by atoms with van der Waals surface area (Å²) in [5.41, 5.74) is 6.63. The Labute approximate surface area is 142 Å². The standard InChI is InChI=1S/C18H20N5P/c1-13-17(22-11-7-5-9-15(22)19-13)24(21(3)4)18-14(2)20-16-10-6-8-12-23(16)18/h5-12H,1-4H3. The maximum atomic E-state index is 4.76.